The number of nitrogens with zero attached hydrogens (tertiary/aromatic N) is 3. The van der Waals surface area contributed by atoms with Crippen LogP contribution in [0, 0.1) is 0 Å². The summed E-state index contributed by atoms with van der Waals surface area (Å²) in [5.41, 5.74) is 7.48. The van der Waals surface area contributed by atoms with Crippen LogP contribution >= 0.6 is 0 Å². The first-order valence-corrected chi connectivity index (χ1v) is 7.46. The maximum absolute atomic E-state index is 10.8. The molecule has 1 aromatic heterocycles. The molecule has 116 valence electrons. The van der Waals surface area contributed by atoms with E-state index in [-0.39, 0.29) is 12.5 Å². The van der Waals surface area contributed by atoms with Gasteiger partial charge >= 0.3 is 0 Å². The van der Waals surface area contributed by atoms with Gasteiger partial charge in [-0.05, 0) is 26.7 Å². The van der Waals surface area contributed by atoms with E-state index in [4.69, 9.17) is 5.73 Å². The molecule has 0 unspecified atom stereocenters. The quantitative estimate of drug-likeness (QED) is 0.773. The number of hydrogen-bond acceptors (Lipinski definition) is 4. The largest absolute Gasteiger partial charge is 0.380 e. The number of anilines is 1. The van der Waals surface area contributed by atoms with Crippen LogP contribution in [0.2, 0.25) is 0 Å². The first-order valence-electron chi connectivity index (χ1n) is 7.46. The van der Waals surface area contributed by atoms with Crippen molar-refractivity contribution in [3.05, 3.63) is 24.0 Å². The number of likely N-dealkylation sites (tertiary alicyclic amines) is 1. The summed E-state index contributed by atoms with van der Waals surface area (Å²) < 4.78 is 1.56. The molecule has 1 aromatic rings. The highest BCUT2D eigenvalue weighted by Gasteiger charge is 2.18. The Hall–Kier alpha value is -1.82. The lowest BCUT2D eigenvalue weighted by Crippen LogP contribution is -2.39. The number of nitrogens with one attached hydrogen (secondary N) is 1. The van der Waals surface area contributed by atoms with E-state index in [0.717, 1.165) is 38.2 Å². The third kappa shape index (κ3) is 5.23. The monoisotopic (exact) mass is 291 g/mol. The highest BCUT2D eigenvalue weighted by Crippen LogP contribution is 2.16. The normalized spacial score (nSPS) is 16.7. The van der Waals surface area contributed by atoms with Gasteiger partial charge < -0.3 is 11.1 Å². The molecule has 0 spiro atoms. The Kier molecular flexibility index (Phi) is 5.38. The van der Waals surface area contributed by atoms with Gasteiger partial charge in [-0.25, -0.2) is 0 Å². The van der Waals surface area contributed by atoms with Crippen LogP contribution in [0.3, 0.4) is 0 Å². The Morgan fingerprint density at radius 1 is 1.48 bits per heavy atom. The molecule has 1 amide bonds. The smallest absolute Gasteiger partial charge is 0.239 e. The van der Waals surface area contributed by atoms with Crippen molar-refractivity contribution in [3.8, 4) is 0 Å². The van der Waals surface area contributed by atoms with Gasteiger partial charge in [0, 0.05) is 31.9 Å². The second-order valence-electron chi connectivity index (χ2n) is 5.89. The topological polar surface area (TPSA) is 76.2 Å². The molecular weight excluding hydrogens is 266 g/mol. The predicted octanol–water partition coefficient (Wildman–Crippen LogP) is 1.21. The van der Waals surface area contributed by atoms with Crippen LogP contribution in [0.5, 0.6) is 0 Å². The van der Waals surface area contributed by atoms with Gasteiger partial charge in [-0.1, -0.05) is 11.6 Å². The molecule has 0 aliphatic carbocycles. The third-order valence-corrected chi connectivity index (χ3v) is 3.67. The van der Waals surface area contributed by atoms with Crippen LogP contribution in [0.15, 0.2) is 24.0 Å². The first kappa shape index (κ1) is 15.6. The van der Waals surface area contributed by atoms with Gasteiger partial charge in [-0.15, -0.1) is 0 Å². The number of piperidine rings is 1. The zero-order chi connectivity index (χ0) is 15.2. The fourth-order valence-corrected chi connectivity index (χ4v) is 2.49. The molecule has 2 rings (SSSR count). The van der Waals surface area contributed by atoms with E-state index in [1.54, 1.807) is 10.9 Å². The molecule has 0 atom stereocenters. The van der Waals surface area contributed by atoms with Crippen molar-refractivity contribution in [2.24, 2.45) is 5.73 Å². The maximum Gasteiger partial charge on any atom is 0.239 e. The van der Waals surface area contributed by atoms with Gasteiger partial charge in [-0.3, -0.25) is 14.4 Å². The van der Waals surface area contributed by atoms with E-state index >= 15 is 0 Å². The molecule has 1 aliphatic heterocycles. The molecule has 3 N–H and O–H groups in total. The molecule has 2 heterocycles. The van der Waals surface area contributed by atoms with Gasteiger partial charge in [-0.2, -0.15) is 5.10 Å². The SMILES string of the molecule is CC(C)=CCN1CCC(Nc2cnn(CC(N)=O)c2)CC1. The van der Waals surface area contributed by atoms with Gasteiger partial charge in [0.1, 0.15) is 6.54 Å². The molecule has 1 saturated heterocycles. The van der Waals surface area contributed by atoms with E-state index in [0.29, 0.717) is 6.04 Å². The summed E-state index contributed by atoms with van der Waals surface area (Å²) in [6.07, 6.45) is 8.11. The Morgan fingerprint density at radius 3 is 2.81 bits per heavy atom. The maximum atomic E-state index is 10.8. The summed E-state index contributed by atoms with van der Waals surface area (Å²) in [6, 6.07) is 0.471. The van der Waals surface area contributed by atoms with Crippen LogP contribution in [-0.4, -0.2) is 46.3 Å². The summed E-state index contributed by atoms with van der Waals surface area (Å²) in [5.74, 6) is -0.378. The Labute approximate surface area is 126 Å². The summed E-state index contributed by atoms with van der Waals surface area (Å²) in [5, 5.41) is 7.60. The van der Waals surface area contributed by atoms with E-state index in [1.807, 2.05) is 6.20 Å². The number of carbonyl (C=O) groups excluding carboxylic acids is 1. The van der Waals surface area contributed by atoms with Crippen molar-refractivity contribution >= 4 is 11.6 Å². The number of primary amides is 1. The average molecular weight is 291 g/mol. The highest BCUT2D eigenvalue weighted by atomic mass is 16.1. The second-order valence-corrected chi connectivity index (χ2v) is 5.89. The van der Waals surface area contributed by atoms with E-state index in [2.05, 4.69) is 35.2 Å². The van der Waals surface area contributed by atoms with Crippen molar-refractivity contribution in [2.75, 3.05) is 25.0 Å². The summed E-state index contributed by atoms with van der Waals surface area (Å²) in [4.78, 5) is 13.3. The Bertz CT molecular complexity index is 496. The van der Waals surface area contributed by atoms with Gasteiger partial charge in [0.15, 0.2) is 0 Å². The molecule has 21 heavy (non-hydrogen) atoms. The number of amides is 1. The van der Waals surface area contributed by atoms with Crippen molar-refractivity contribution in [3.63, 3.8) is 0 Å². The standard InChI is InChI=1S/C15H25N5O/c1-12(2)3-6-19-7-4-13(5-8-19)18-14-9-17-20(10-14)11-15(16)21/h3,9-10,13,18H,4-8,11H2,1-2H3,(H2,16,21). The van der Waals surface area contributed by atoms with Gasteiger partial charge in [0.2, 0.25) is 5.91 Å². The number of allylic oxidation sites excluding steroid dienone is 1. The lowest BCUT2D eigenvalue weighted by atomic mass is 10.0. The van der Waals surface area contributed by atoms with Crippen molar-refractivity contribution < 1.29 is 4.79 Å². The minimum absolute atomic E-state index is 0.128. The third-order valence-electron chi connectivity index (χ3n) is 3.67. The lowest BCUT2D eigenvalue weighted by Gasteiger charge is -2.31. The molecule has 1 fully saturated rings. The van der Waals surface area contributed by atoms with E-state index in [9.17, 15) is 4.79 Å². The first-order chi connectivity index (χ1) is 10.0. The Morgan fingerprint density at radius 2 is 2.19 bits per heavy atom. The minimum Gasteiger partial charge on any atom is -0.380 e. The zero-order valence-corrected chi connectivity index (χ0v) is 12.9. The summed E-state index contributed by atoms with van der Waals surface area (Å²) in [6.45, 7) is 7.66. The lowest BCUT2D eigenvalue weighted by molar-refractivity contribution is -0.118. The van der Waals surface area contributed by atoms with Crippen LogP contribution in [0.4, 0.5) is 5.69 Å². The number of carbonyl (C=O) groups is 1. The fraction of sp³-hybridized carbons (Fsp3) is 0.600. The molecule has 0 radical (unpaired) electrons. The van der Waals surface area contributed by atoms with Crippen LogP contribution in [-0.2, 0) is 11.3 Å². The van der Waals surface area contributed by atoms with Crippen LogP contribution in [0.25, 0.3) is 0 Å². The molecule has 6 heteroatoms. The molecule has 6 nitrogen and oxygen atoms in total. The van der Waals surface area contributed by atoms with E-state index < -0.39 is 0 Å². The molecule has 0 saturated carbocycles. The van der Waals surface area contributed by atoms with Crippen LogP contribution in [0.1, 0.15) is 26.7 Å². The molecule has 1 aliphatic rings. The minimum atomic E-state index is -0.378. The number of rotatable bonds is 6. The zero-order valence-electron chi connectivity index (χ0n) is 12.9. The predicted molar refractivity (Wildman–Crippen MR) is 83.9 cm³/mol. The summed E-state index contributed by atoms with van der Waals surface area (Å²) in [7, 11) is 0. The molecule has 0 bridgehead atoms. The van der Waals surface area contributed by atoms with Crippen molar-refractivity contribution in [1.82, 2.24) is 14.7 Å². The average Bonchev–Trinajstić information content (AvgIpc) is 2.84. The van der Waals surface area contributed by atoms with Crippen LogP contribution < -0.4 is 11.1 Å². The van der Waals surface area contributed by atoms with E-state index in [1.165, 1.54) is 5.57 Å². The number of nitrogens with two attached hydrogens (primary N) is 1. The second kappa shape index (κ2) is 7.26. The Balaban J connectivity index is 1.77. The highest BCUT2D eigenvalue weighted by molar-refractivity contribution is 5.73. The fourth-order valence-electron chi connectivity index (χ4n) is 2.49. The van der Waals surface area contributed by atoms with Gasteiger partial charge in [0.25, 0.3) is 0 Å². The number of hydrogen-bond donors (Lipinski definition) is 2. The van der Waals surface area contributed by atoms with Crippen molar-refractivity contribution in [1.29, 1.82) is 0 Å². The molecule has 0 aromatic carbocycles. The summed E-state index contributed by atoms with van der Waals surface area (Å²) >= 11 is 0. The molecular formula is C15H25N5O. The number of aromatic nitrogens is 2. The van der Waals surface area contributed by atoms with Gasteiger partial charge in [0.05, 0.1) is 11.9 Å². The van der Waals surface area contributed by atoms with Crippen molar-refractivity contribution in [2.45, 2.75) is 39.3 Å².